The van der Waals surface area contributed by atoms with E-state index in [0.717, 1.165) is 23.5 Å². The lowest BCUT2D eigenvalue weighted by molar-refractivity contribution is -0.652. The van der Waals surface area contributed by atoms with Crippen LogP contribution in [0.2, 0.25) is 10.3 Å². The van der Waals surface area contributed by atoms with Crippen molar-refractivity contribution in [2.24, 2.45) is 0 Å². The minimum Gasteiger partial charge on any atom is -0.618 e. The molecule has 0 aromatic carbocycles. The lowest BCUT2D eigenvalue weighted by Gasteiger charge is -2.07. The van der Waals surface area contributed by atoms with E-state index in [2.05, 4.69) is 4.98 Å². The fraction of sp³-hybridized carbons (Fsp3) is 0.286. The SMILES string of the molecule is Cc1c(Cl)nc(Cl)c(SCSC#N)[n+]1[O-]. The van der Waals surface area contributed by atoms with E-state index in [1.54, 1.807) is 6.92 Å². The van der Waals surface area contributed by atoms with Crippen LogP contribution in [0.3, 0.4) is 0 Å². The number of hydrogen-bond acceptors (Lipinski definition) is 5. The zero-order valence-corrected chi connectivity index (χ0v) is 10.7. The Bertz CT molecular complexity index is 422. The lowest BCUT2D eigenvalue weighted by Crippen LogP contribution is -2.34. The molecule has 1 aromatic heterocycles. The van der Waals surface area contributed by atoms with Gasteiger partial charge in [0.25, 0.3) is 5.03 Å². The van der Waals surface area contributed by atoms with Gasteiger partial charge in [-0.2, -0.15) is 9.99 Å². The molecule has 0 bridgehead atoms. The monoisotopic (exact) mass is 281 g/mol. The van der Waals surface area contributed by atoms with Crippen LogP contribution in [0.1, 0.15) is 5.69 Å². The molecule has 0 aliphatic heterocycles. The van der Waals surface area contributed by atoms with Crippen LogP contribution >= 0.6 is 46.7 Å². The third-order valence-corrected chi connectivity index (χ3v) is 3.92. The van der Waals surface area contributed by atoms with Gasteiger partial charge in [-0.3, -0.25) is 0 Å². The van der Waals surface area contributed by atoms with Crippen LogP contribution in [-0.2, 0) is 0 Å². The van der Waals surface area contributed by atoms with E-state index >= 15 is 0 Å². The second kappa shape index (κ2) is 5.66. The molecule has 1 heterocycles. The number of thiocyanates is 1. The molecule has 1 aromatic rings. The topological polar surface area (TPSA) is 63.6 Å². The van der Waals surface area contributed by atoms with Gasteiger partial charge < -0.3 is 5.21 Å². The number of aromatic nitrogens is 2. The summed E-state index contributed by atoms with van der Waals surface area (Å²) in [4.78, 5) is 3.81. The molecule has 0 radical (unpaired) electrons. The molecule has 0 N–H and O–H groups in total. The summed E-state index contributed by atoms with van der Waals surface area (Å²) in [5, 5.41) is 22.7. The Kier molecular flexibility index (Phi) is 4.80. The molecule has 4 nitrogen and oxygen atoms in total. The largest absolute Gasteiger partial charge is 0.618 e. The van der Waals surface area contributed by atoms with E-state index < -0.39 is 0 Å². The van der Waals surface area contributed by atoms with Crippen LogP contribution in [0.25, 0.3) is 0 Å². The summed E-state index contributed by atoms with van der Waals surface area (Å²) in [7, 11) is 0. The fourth-order valence-corrected chi connectivity index (χ4v) is 2.61. The fourth-order valence-electron chi connectivity index (χ4n) is 0.765. The number of halogens is 2. The summed E-state index contributed by atoms with van der Waals surface area (Å²) in [6.45, 7) is 1.56. The van der Waals surface area contributed by atoms with Crippen molar-refractivity contribution in [3.63, 3.8) is 0 Å². The average molecular weight is 282 g/mol. The van der Waals surface area contributed by atoms with Gasteiger partial charge in [0.2, 0.25) is 10.8 Å². The standard InChI is InChI=1S/C7H5Cl2N3OS2/c1-4-5(8)11-6(9)7(12(4)13)15-3-14-2-10/h3H2,1H3. The van der Waals surface area contributed by atoms with Gasteiger partial charge in [0.05, 0.1) is 5.08 Å². The summed E-state index contributed by atoms with van der Waals surface area (Å²) >= 11 is 13.6. The molecular weight excluding hydrogens is 277 g/mol. The molecule has 0 aliphatic rings. The van der Waals surface area contributed by atoms with E-state index in [9.17, 15) is 5.21 Å². The first-order chi connectivity index (χ1) is 7.07. The van der Waals surface area contributed by atoms with Gasteiger partial charge in [0.15, 0.2) is 5.15 Å². The lowest BCUT2D eigenvalue weighted by atomic mass is 10.5. The average Bonchev–Trinajstić information content (AvgIpc) is 2.20. The maximum atomic E-state index is 11.6. The first-order valence-electron chi connectivity index (χ1n) is 3.66. The molecule has 0 unspecified atom stereocenters. The molecule has 0 saturated heterocycles. The molecule has 0 atom stereocenters. The zero-order valence-electron chi connectivity index (χ0n) is 7.53. The number of nitrogens with zero attached hydrogens (tertiary/aromatic N) is 3. The van der Waals surface area contributed by atoms with Crippen LogP contribution in [0.5, 0.6) is 0 Å². The summed E-state index contributed by atoms with van der Waals surface area (Å²) in [6, 6.07) is 0. The Morgan fingerprint density at radius 2 is 2.20 bits per heavy atom. The van der Waals surface area contributed by atoms with Crippen molar-refractivity contribution >= 4 is 46.7 Å². The van der Waals surface area contributed by atoms with Gasteiger partial charge in [0, 0.05) is 6.92 Å². The maximum absolute atomic E-state index is 11.6. The second-order valence-electron chi connectivity index (χ2n) is 2.38. The first-order valence-corrected chi connectivity index (χ1v) is 6.39. The molecule has 0 amide bonds. The highest BCUT2D eigenvalue weighted by Crippen LogP contribution is 2.26. The van der Waals surface area contributed by atoms with Crippen molar-refractivity contribution in [2.45, 2.75) is 11.9 Å². The summed E-state index contributed by atoms with van der Waals surface area (Å²) in [6.07, 6.45) is 0. The van der Waals surface area contributed by atoms with E-state index in [4.69, 9.17) is 28.5 Å². The Morgan fingerprint density at radius 1 is 1.53 bits per heavy atom. The minimum absolute atomic E-state index is 0.0594. The van der Waals surface area contributed by atoms with Crippen molar-refractivity contribution < 1.29 is 4.73 Å². The maximum Gasteiger partial charge on any atom is 0.290 e. The Morgan fingerprint density at radius 3 is 2.80 bits per heavy atom. The van der Waals surface area contributed by atoms with E-state index in [1.165, 1.54) is 0 Å². The van der Waals surface area contributed by atoms with Gasteiger partial charge in [-0.25, -0.2) is 4.98 Å². The highest BCUT2D eigenvalue weighted by Gasteiger charge is 2.19. The highest BCUT2D eigenvalue weighted by atomic mass is 35.5. The third-order valence-electron chi connectivity index (χ3n) is 1.48. The first kappa shape index (κ1) is 12.7. The van der Waals surface area contributed by atoms with Crippen molar-refractivity contribution in [1.29, 1.82) is 5.26 Å². The molecule has 80 valence electrons. The van der Waals surface area contributed by atoms with Gasteiger partial charge in [0.1, 0.15) is 5.40 Å². The number of nitriles is 1. The molecule has 0 saturated carbocycles. The predicted octanol–water partition coefficient (Wildman–Crippen LogP) is 2.59. The van der Waals surface area contributed by atoms with Crippen molar-refractivity contribution in [1.82, 2.24) is 4.98 Å². The molecule has 1 rings (SSSR count). The van der Waals surface area contributed by atoms with Gasteiger partial charge >= 0.3 is 0 Å². The predicted molar refractivity (Wildman–Crippen MR) is 61.9 cm³/mol. The molecule has 0 spiro atoms. The summed E-state index contributed by atoms with van der Waals surface area (Å²) in [5.74, 6) is 0. The summed E-state index contributed by atoms with van der Waals surface area (Å²) < 4.78 is 0.625. The molecule has 0 fully saturated rings. The van der Waals surface area contributed by atoms with Gasteiger partial charge in [-0.1, -0.05) is 23.2 Å². The molecular formula is C7H5Cl2N3OS2. The van der Waals surface area contributed by atoms with E-state index in [0.29, 0.717) is 15.5 Å². The number of rotatable bonds is 3. The molecule has 0 aliphatic carbocycles. The smallest absolute Gasteiger partial charge is 0.290 e. The number of thioether (sulfide) groups is 2. The van der Waals surface area contributed by atoms with Crippen molar-refractivity contribution in [3.8, 4) is 5.40 Å². The van der Waals surface area contributed by atoms with Crippen molar-refractivity contribution in [2.75, 3.05) is 5.08 Å². The Balaban J connectivity index is 2.98. The highest BCUT2D eigenvalue weighted by molar-refractivity contribution is 8.18. The molecule has 8 heteroatoms. The van der Waals surface area contributed by atoms with Crippen LogP contribution < -0.4 is 4.73 Å². The van der Waals surface area contributed by atoms with Crippen molar-refractivity contribution in [3.05, 3.63) is 21.2 Å². The second-order valence-corrected chi connectivity index (χ2v) is 5.18. The summed E-state index contributed by atoms with van der Waals surface area (Å²) in [5.41, 5.74) is 0.297. The van der Waals surface area contributed by atoms with Crippen LogP contribution in [-0.4, -0.2) is 10.1 Å². The van der Waals surface area contributed by atoms with E-state index in [-0.39, 0.29) is 15.3 Å². The molecule has 15 heavy (non-hydrogen) atoms. The van der Waals surface area contributed by atoms with E-state index in [1.807, 2.05) is 5.40 Å². The van der Waals surface area contributed by atoms with Gasteiger partial charge in [-0.05, 0) is 23.5 Å². The van der Waals surface area contributed by atoms with Crippen LogP contribution in [0.15, 0.2) is 5.03 Å². The Labute approximate surface area is 105 Å². The normalized spacial score (nSPS) is 10.0. The Hall–Kier alpha value is -0.350. The quantitative estimate of drug-likeness (QED) is 0.213. The van der Waals surface area contributed by atoms with Crippen LogP contribution in [0.4, 0.5) is 0 Å². The minimum atomic E-state index is 0.0594. The van der Waals surface area contributed by atoms with Gasteiger partial charge in [-0.15, -0.1) is 0 Å². The third kappa shape index (κ3) is 3.05. The zero-order chi connectivity index (χ0) is 11.4. The van der Waals surface area contributed by atoms with Crippen LogP contribution in [0, 0.1) is 22.8 Å². The number of hydrogen-bond donors (Lipinski definition) is 0.